The number of halogens is 1. The van der Waals surface area contributed by atoms with Crippen molar-refractivity contribution in [3.8, 4) is 23.0 Å². The molecule has 4 fully saturated rings. The van der Waals surface area contributed by atoms with Crippen molar-refractivity contribution in [3.63, 3.8) is 0 Å². The molecule has 0 radical (unpaired) electrons. The van der Waals surface area contributed by atoms with Crippen LogP contribution >= 0.6 is 11.6 Å². The highest BCUT2D eigenvalue weighted by atomic mass is 35.5. The standard InChI is InChI=1S/C31H32ClN5O3S/c32-23-3-6-29(34-17-23)37-18-27(20-1-4-24(5-2-20)36-9-11-41(39,40)12-10-36)30(35-37)26-15-22-13-21(22)14-25(26)28(38)16-31(19-33)7-8-31/h1-6,17-18,21-22,25-26H,7-16H2/t21?,22?,25-,26-/m1/s1. The molecule has 1 saturated heterocycles. The van der Waals surface area contributed by atoms with Gasteiger partial charge in [-0.15, -0.1) is 0 Å². The second kappa shape index (κ2) is 9.95. The average Bonchev–Trinajstić information content (AvgIpc) is 3.88. The Morgan fingerprint density at radius 1 is 1.05 bits per heavy atom. The van der Waals surface area contributed by atoms with Gasteiger partial charge in [0.05, 0.1) is 33.7 Å². The van der Waals surface area contributed by atoms with Gasteiger partial charge < -0.3 is 4.90 Å². The molecular formula is C31H32ClN5O3S. The molecule has 3 aromatic rings. The SMILES string of the molecule is N#CC1(CC(=O)[C@@H]2CC3CC3C[C@H]2c2nn(-c3ccc(Cl)cn3)cc2-c2ccc(N3CCS(=O)(=O)CC3)cc2)CC1. The molecule has 0 bridgehead atoms. The largest absolute Gasteiger partial charge is 0.369 e. The number of sulfone groups is 1. The molecule has 3 aliphatic carbocycles. The number of hydrogen-bond donors (Lipinski definition) is 0. The van der Waals surface area contributed by atoms with Gasteiger partial charge in [-0.2, -0.15) is 10.4 Å². The lowest BCUT2D eigenvalue weighted by molar-refractivity contribution is -0.125. The molecule has 0 N–H and O–H groups in total. The van der Waals surface area contributed by atoms with E-state index < -0.39 is 15.3 Å². The summed E-state index contributed by atoms with van der Waals surface area (Å²) in [6.45, 7) is 0.984. The van der Waals surface area contributed by atoms with Crippen LogP contribution in [0.25, 0.3) is 16.9 Å². The first-order valence-corrected chi connectivity index (χ1v) is 16.6. The van der Waals surface area contributed by atoms with Gasteiger partial charge in [0.15, 0.2) is 15.7 Å². The van der Waals surface area contributed by atoms with Crippen LogP contribution in [0.15, 0.2) is 48.8 Å². The van der Waals surface area contributed by atoms with Crippen molar-refractivity contribution >= 4 is 32.9 Å². The highest BCUT2D eigenvalue weighted by Gasteiger charge is 2.52. The third kappa shape index (κ3) is 5.28. The molecule has 4 atom stereocenters. The van der Waals surface area contributed by atoms with Crippen molar-refractivity contribution in [2.45, 2.75) is 44.4 Å². The second-order valence-corrected chi connectivity index (χ2v) is 15.1. The van der Waals surface area contributed by atoms with E-state index in [0.29, 0.717) is 42.2 Å². The lowest BCUT2D eigenvalue weighted by Crippen LogP contribution is -2.40. The number of pyridine rings is 1. The Balaban J connectivity index is 1.24. The number of nitrogens with zero attached hydrogens (tertiary/aromatic N) is 5. The summed E-state index contributed by atoms with van der Waals surface area (Å²) in [7, 11) is -2.95. The Kier molecular flexibility index (Phi) is 6.47. The zero-order valence-electron chi connectivity index (χ0n) is 22.7. The zero-order valence-corrected chi connectivity index (χ0v) is 24.3. The van der Waals surface area contributed by atoms with Gasteiger partial charge in [0.1, 0.15) is 5.78 Å². The topological polar surface area (TPSA) is 109 Å². The Morgan fingerprint density at radius 2 is 1.78 bits per heavy atom. The summed E-state index contributed by atoms with van der Waals surface area (Å²) >= 11 is 6.10. The summed E-state index contributed by atoms with van der Waals surface area (Å²) in [5, 5.41) is 15.3. The first kappa shape index (κ1) is 26.7. The predicted molar refractivity (Wildman–Crippen MR) is 157 cm³/mol. The number of carbonyl (C=O) groups is 1. The maximum atomic E-state index is 13.7. The predicted octanol–water partition coefficient (Wildman–Crippen LogP) is 5.22. The number of fused-ring (bicyclic) bond motifs is 1. The van der Waals surface area contributed by atoms with Crippen LogP contribution in [0.5, 0.6) is 0 Å². The van der Waals surface area contributed by atoms with Crippen LogP contribution in [-0.2, 0) is 14.6 Å². The molecule has 1 aromatic carbocycles. The van der Waals surface area contributed by atoms with E-state index in [1.54, 1.807) is 16.9 Å². The molecule has 7 rings (SSSR count). The quantitative estimate of drug-likeness (QED) is 0.372. The van der Waals surface area contributed by atoms with E-state index in [1.165, 1.54) is 6.42 Å². The molecule has 1 aliphatic heterocycles. The van der Waals surface area contributed by atoms with Crippen LogP contribution in [-0.4, -0.2) is 53.6 Å². The number of anilines is 1. The van der Waals surface area contributed by atoms with Crippen LogP contribution in [0.4, 0.5) is 5.69 Å². The first-order chi connectivity index (χ1) is 19.7. The number of Topliss-reactive ketones (excluding diaryl/α,β-unsaturated/α-hetero) is 1. The maximum Gasteiger partial charge on any atom is 0.153 e. The zero-order chi connectivity index (χ0) is 28.4. The molecule has 2 unspecified atom stereocenters. The minimum atomic E-state index is -2.95. The van der Waals surface area contributed by atoms with Crippen LogP contribution in [0.1, 0.15) is 50.1 Å². The van der Waals surface area contributed by atoms with E-state index in [-0.39, 0.29) is 29.1 Å². The minimum Gasteiger partial charge on any atom is -0.369 e. The van der Waals surface area contributed by atoms with Gasteiger partial charge in [-0.3, -0.25) is 4.79 Å². The normalized spacial score (nSPS) is 27.5. The smallest absolute Gasteiger partial charge is 0.153 e. The van der Waals surface area contributed by atoms with Crippen molar-refractivity contribution in [1.29, 1.82) is 5.26 Å². The summed E-state index contributed by atoms with van der Waals surface area (Å²) in [4.78, 5) is 20.3. The second-order valence-electron chi connectivity index (χ2n) is 12.4. The van der Waals surface area contributed by atoms with Crippen molar-refractivity contribution in [3.05, 3.63) is 59.5 Å². The lowest BCUT2D eigenvalue weighted by Gasteiger charge is -2.30. The molecule has 4 aliphatic rings. The fourth-order valence-corrected chi connectivity index (χ4v) is 8.11. The number of hydrogen-bond acceptors (Lipinski definition) is 7. The highest BCUT2D eigenvalue weighted by Crippen LogP contribution is 2.58. The summed E-state index contributed by atoms with van der Waals surface area (Å²) in [5.74, 6) is 2.28. The third-order valence-corrected chi connectivity index (χ3v) is 11.4. The molecule has 41 heavy (non-hydrogen) atoms. The average molecular weight is 590 g/mol. The number of benzene rings is 1. The van der Waals surface area contributed by atoms with Gasteiger partial charge in [0.25, 0.3) is 0 Å². The number of rotatable bonds is 7. The van der Waals surface area contributed by atoms with Crippen LogP contribution in [0.2, 0.25) is 5.02 Å². The van der Waals surface area contributed by atoms with E-state index in [4.69, 9.17) is 16.7 Å². The van der Waals surface area contributed by atoms with E-state index in [1.807, 2.05) is 24.4 Å². The molecular weight excluding hydrogens is 558 g/mol. The van der Waals surface area contributed by atoms with Crippen molar-refractivity contribution in [1.82, 2.24) is 14.8 Å². The van der Waals surface area contributed by atoms with Gasteiger partial charge in [-0.25, -0.2) is 18.1 Å². The third-order valence-electron chi connectivity index (χ3n) is 9.61. The Hall–Kier alpha value is -3.22. The van der Waals surface area contributed by atoms with Crippen molar-refractivity contribution < 1.29 is 13.2 Å². The fourth-order valence-electron chi connectivity index (χ4n) is 6.80. The summed E-state index contributed by atoms with van der Waals surface area (Å²) in [5.41, 5.74) is 3.41. The van der Waals surface area contributed by atoms with Crippen LogP contribution in [0, 0.1) is 34.5 Å². The number of carbonyl (C=O) groups excluding carboxylic acids is 1. The molecule has 2 aromatic heterocycles. The molecule has 0 spiro atoms. The van der Waals surface area contributed by atoms with Gasteiger partial charge >= 0.3 is 0 Å². The summed E-state index contributed by atoms with van der Waals surface area (Å²) in [6, 6.07) is 14.2. The van der Waals surface area contributed by atoms with Crippen molar-refractivity contribution in [2.75, 3.05) is 29.5 Å². The van der Waals surface area contributed by atoms with E-state index >= 15 is 0 Å². The monoisotopic (exact) mass is 589 g/mol. The maximum absolute atomic E-state index is 13.7. The molecule has 0 amide bonds. The minimum absolute atomic E-state index is 0.0173. The van der Waals surface area contributed by atoms with Gasteiger partial charge in [-0.1, -0.05) is 23.7 Å². The summed E-state index contributed by atoms with van der Waals surface area (Å²) in [6.07, 6.45) is 8.54. The molecule has 3 saturated carbocycles. The van der Waals surface area contributed by atoms with Gasteiger partial charge in [0, 0.05) is 55.0 Å². The molecule has 10 heteroatoms. The van der Waals surface area contributed by atoms with E-state index in [9.17, 15) is 18.5 Å². The van der Waals surface area contributed by atoms with Gasteiger partial charge in [0.2, 0.25) is 0 Å². The van der Waals surface area contributed by atoms with Crippen molar-refractivity contribution in [2.24, 2.45) is 23.2 Å². The van der Waals surface area contributed by atoms with Crippen LogP contribution < -0.4 is 4.90 Å². The Bertz CT molecular complexity index is 1630. The Labute approximate surface area is 245 Å². The van der Waals surface area contributed by atoms with Gasteiger partial charge in [-0.05, 0) is 73.8 Å². The van der Waals surface area contributed by atoms with Crippen LogP contribution in [0.3, 0.4) is 0 Å². The molecule has 212 valence electrons. The summed E-state index contributed by atoms with van der Waals surface area (Å²) < 4.78 is 25.6. The molecule has 8 nitrogen and oxygen atoms in total. The fraction of sp³-hybridized carbons (Fsp3) is 0.484. The molecule has 3 heterocycles. The van der Waals surface area contributed by atoms with E-state index in [0.717, 1.165) is 48.2 Å². The number of ketones is 1. The first-order valence-electron chi connectivity index (χ1n) is 14.4. The lowest BCUT2D eigenvalue weighted by atomic mass is 9.72. The number of aromatic nitrogens is 3. The van der Waals surface area contributed by atoms with E-state index in [2.05, 4.69) is 28.1 Å². The Morgan fingerprint density at radius 3 is 2.44 bits per heavy atom. The highest BCUT2D eigenvalue weighted by molar-refractivity contribution is 7.91. The number of nitriles is 1.